The molecule has 10 aromatic rings. The molecule has 1 N–H and O–H groups in total. The molecule has 0 aliphatic carbocycles. The van der Waals surface area contributed by atoms with E-state index in [1.807, 2.05) is 63.5 Å². The number of aliphatic hydroxyl groups excluding tert-OH is 1. The van der Waals surface area contributed by atoms with Gasteiger partial charge in [-0.15, -0.1) is 58.6 Å². The van der Waals surface area contributed by atoms with Crippen LogP contribution in [0.1, 0.15) is 166 Å². The maximum atomic E-state index is 11.7. The Balaban J connectivity index is 0.000000170. The number of ketones is 1. The molecule has 0 spiro atoms. The molecule has 87 heavy (non-hydrogen) atoms. The Morgan fingerprint density at radius 3 is 1.49 bits per heavy atom. The molecule has 2 aromatic heterocycles. The normalized spacial score (nSPS) is 13.4. The van der Waals surface area contributed by atoms with Gasteiger partial charge in [-0.2, -0.15) is 0 Å². The van der Waals surface area contributed by atoms with Gasteiger partial charge in [-0.3, -0.25) is 14.8 Å². The number of rotatable bonds is 11. The first-order chi connectivity index (χ1) is 41.1. The van der Waals surface area contributed by atoms with E-state index in [0.29, 0.717) is 6.17 Å². The van der Waals surface area contributed by atoms with Crippen molar-refractivity contribution in [2.24, 2.45) is 33.5 Å². The number of carbonyl (C=O) groups is 1. The Labute approximate surface area is 543 Å². The molecule has 1 radical (unpaired) electrons. The molecule has 4 heterocycles. The Morgan fingerprint density at radius 2 is 0.989 bits per heavy atom. The van der Waals surface area contributed by atoms with Crippen LogP contribution in [-0.4, -0.2) is 20.9 Å². The van der Waals surface area contributed by atoms with E-state index < -0.39 is 0 Å². The van der Waals surface area contributed by atoms with Gasteiger partial charge >= 0.3 is 0 Å². The van der Waals surface area contributed by atoms with Gasteiger partial charge in [0.2, 0.25) is 0 Å². The minimum Gasteiger partial charge on any atom is -0.512 e. The molecule has 8 aromatic carbocycles. The van der Waals surface area contributed by atoms with E-state index in [4.69, 9.17) is 11.3 Å². The van der Waals surface area contributed by atoms with Crippen LogP contribution in [0.2, 0.25) is 0 Å². The van der Waals surface area contributed by atoms with Gasteiger partial charge in [0, 0.05) is 71.6 Å². The van der Waals surface area contributed by atoms with Crippen molar-refractivity contribution in [3.8, 4) is 22.5 Å². The average molecular weight is 1370 g/mol. The molecule has 12 rings (SSSR count). The first-order valence-electron chi connectivity index (χ1n) is 32.0. The van der Waals surface area contributed by atoms with Crippen LogP contribution >= 0.6 is 23.5 Å². The van der Waals surface area contributed by atoms with Crippen molar-refractivity contribution >= 4 is 93.9 Å². The molecule has 0 atom stereocenters. The fourth-order valence-corrected chi connectivity index (χ4v) is 15.5. The van der Waals surface area contributed by atoms with Crippen molar-refractivity contribution < 1.29 is 31.4 Å². The summed E-state index contributed by atoms with van der Waals surface area (Å²) in [4.78, 5) is 26.7. The Kier molecular flexibility index (Phi) is 19.1. The summed E-state index contributed by atoms with van der Waals surface area (Å²) in [7, 11) is 0. The molecule has 7 heteroatoms. The molecule has 0 saturated carbocycles. The van der Waals surface area contributed by atoms with E-state index >= 15 is 0 Å². The zero-order chi connectivity index (χ0) is 62.7. The predicted octanol–water partition coefficient (Wildman–Crippen LogP) is 23.5. The molecular formula is C80H90IrN2O2S2-2. The van der Waals surface area contributed by atoms with E-state index in [-0.39, 0.29) is 65.1 Å². The molecule has 0 fully saturated rings. The molecule has 0 saturated heterocycles. The number of hydrogen-bond acceptors (Lipinski definition) is 6. The Morgan fingerprint density at radius 1 is 0.529 bits per heavy atom. The quantitative estimate of drug-likeness (QED) is 0.0603. The second kappa shape index (κ2) is 25.9. The van der Waals surface area contributed by atoms with Crippen molar-refractivity contribution in [1.29, 1.82) is 0 Å². The maximum Gasteiger partial charge on any atom is 0.162 e. The number of aromatic nitrogens is 2. The minimum atomic E-state index is 0. The summed E-state index contributed by atoms with van der Waals surface area (Å²) in [6.07, 6.45) is 11.3. The third-order valence-electron chi connectivity index (χ3n) is 17.0. The molecule has 0 unspecified atom stereocenters. The molecular weight excluding hydrogens is 1280 g/mol. The monoisotopic (exact) mass is 1370 g/mol. The summed E-state index contributed by atoms with van der Waals surface area (Å²) >= 11 is 3.80. The number of aliphatic hydroxyl groups is 1. The number of hydrogen-bond donors (Lipinski definition) is 1. The molecule has 0 amide bonds. The summed E-state index contributed by atoms with van der Waals surface area (Å²) < 4.78 is 8.66. The Hall–Kier alpha value is -5.82. The van der Waals surface area contributed by atoms with Crippen LogP contribution in [0, 0.1) is 52.6 Å². The van der Waals surface area contributed by atoms with Gasteiger partial charge in [-0.1, -0.05) is 216 Å². The van der Waals surface area contributed by atoms with Gasteiger partial charge in [-0.05, 0) is 168 Å². The zero-order valence-electron chi connectivity index (χ0n) is 55.7. The van der Waals surface area contributed by atoms with Gasteiger partial charge in [0.1, 0.15) is 0 Å². The second-order valence-corrected chi connectivity index (χ2v) is 31.3. The molecule has 4 nitrogen and oxygen atoms in total. The number of allylic oxidation sites excluding steroid dienone is 2. The summed E-state index contributed by atoms with van der Waals surface area (Å²) in [6, 6.07) is 45.4. The van der Waals surface area contributed by atoms with Gasteiger partial charge in [0.15, 0.2) is 5.78 Å². The standard InChI is InChI=1S/C34H34NS.C33H32NS.C13H24O2.Ir/c1-20-11-12-23-22(15-20)16-27-31-30-25(13-14-35-31)24-10-8-9-21(18-33(2,3)4)26(24)17-29(30)36-32(27)28(23)19-34(5,6)7;1-32(2,3)18-21-11-9-13-23-24-14-15-34-30-26-16-20-10-7-8-12-22(20)27(19-33(4,5)6)31(26)35-28(29(24)30)17-25(21)23;1-5-10(6-2)12(14)9-13(15)11(7-3)8-4;/h8-15,17H,18-19H2,1-7H3;7-15,17H,18-19H2,1-6H3;9-11,14H,5-8H2,1-4H3;/q2*-1;;/b;;12-9-;/i;15D;;. The zero-order valence-corrected chi connectivity index (χ0v) is 58.7. The number of benzene rings is 8. The summed E-state index contributed by atoms with van der Waals surface area (Å²) in [6.45, 7) is 38.0. The van der Waals surface area contributed by atoms with Gasteiger partial charge in [-0.25, -0.2) is 0 Å². The van der Waals surface area contributed by atoms with Crippen molar-refractivity contribution in [3.63, 3.8) is 0 Å². The van der Waals surface area contributed by atoms with Crippen LogP contribution in [0.25, 0.3) is 87.1 Å². The van der Waals surface area contributed by atoms with E-state index in [1.54, 1.807) is 0 Å². The first kappa shape index (κ1) is 64.2. The molecule has 2 aliphatic rings. The number of pyridine rings is 2. The van der Waals surface area contributed by atoms with Gasteiger partial charge < -0.3 is 5.11 Å². The van der Waals surface area contributed by atoms with E-state index in [1.165, 1.54) is 108 Å². The van der Waals surface area contributed by atoms with Crippen LogP contribution in [0.3, 0.4) is 0 Å². The molecule has 0 bridgehead atoms. The van der Waals surface area contributed by atoms with E-state index in [2.05, 4.69) is 199 Å². The maximum absolute atomic E-state index is 11.7. The number of aryl methyl sites for hydroxylation is 1. The van der Waals surface area contributed by atoms with Crippen molar-refractivity contribution in [2.45, 2.75) is 189 Å². The fourth-order valence-electron chi connectivity index (χ4n) is 13.0. The number of carbonyl (C=O) groups excluding carboxylic acids is 1. The largest absolute Gasteiger partial charge is 0.512 e. The molecule has 2 aliphatic heterocycles. The third kappa shape index (κ3) is 14.1. The Bertz CT molecular complexity index is 4330. The van der Waals surface area contributed by atoms with Crippen molar-refractivity contribution in [1.82, 2.24) is 9.97 Å². The topological polar surface area (TPSA) is 63.1 Å². The first-order valence-corrected chi connectivity index (χ1v) is 33.2. The third-order valence-corrected chi connectivity index (χ3v) is 19.4. The van der Waals surface area contributed by atoms with Crippen LogP contribution in [0.15, 0.2) is 147 Å². The number of nitrogens with zero attached hydrogens (tertiary/aromatic N) is 2. The summed E-state index contributed by atoms with van der Waals surface area (Å²) in [5, 5.41) is 24.8. The van der Waals surface area contributed by atoms with Crippen LogP contribution in [0.4, 0.5) is 0 Å². The summed E-state index contributed by atoms with van der Waals surface area (Å²) in [5.41, 5.74) is 11.8. The SMILES string of the molecule is CCC(CC)C(=O)/C=C(\O)C(CC)CC.Cc1ccc2c(CC(C)(C)C)c3c([c-]c2c1)-c1nccc2c1c(cc1c(CC(C)(C)C)cccc12)S3.[2H]c1cc2c3c(cc4c(CC(C)(C)C)cccc42)Sc2c([c-]c4ccccc4c2CC(C)(C)C)-c3n1.[Ir]. The van der Waals surface area contributed by atoms with Crippen molar-refractivity contribution in [3.05, 3.63) is 167 Å². The smallest absolute Gasteiger partial charge is 0.162 e. The van der Waals surface area contributed by atoms with E-state index in [9.17, 15) is 9.90 Å². The van der Waals surface area contributed by atoms with Crippen LogP contribution < -0.4 is 0 Å². The van der Waals surface area contributed by atoms with Gasteiger partial charge in [0.05, 0.1) is 7.13 Å². The fraction of sp³-hybridized carbons (Fsp3) is 0.388. The summed E-state index contributed by atoms with van der Waals surface area (Å²) in [5.74, 6) is 0.547. The molecule has 455 valence electrons. The van der Waals surface area contributed by atoms with Crippen LogP contribution in [-0.2, 0) is 50.6 Å². The minimum absolute atomic E-state index is 0. The number of fused-ring (bicyclic) bond motifs is 10. The van der Waals surface area contributed by atoms with E-state index in [0.717, 1.165) is 84.5 Å². The van der Waals surface area contributed by atoms with Crippen molar-refractivity contribution in [2.75, 3.05) is 0 Å². The van der Waals surface area contributed by atoms with Gasteiger partial charge in [0.25, 0.3) is 0 Å². The second-order valence-electron chi connectivity index (χ2n) is 29.2. The predicted molar refractivity (Wildman–Crippen MR) is 372 cm³/mol. The van der Waals surface area contributed by atoms with Crippen LogP contribution in [0.5, 0.6) is 0 Å². The average Bonchev–Trinajstić information content (AvgIpc) is 0.744.